The third-order valence-electron chi connectivity index (χ3n) is 2.71. The maximum atomic E-state index is 5.59. The van der Waals surface area contributed by atoms with Gasteiger partial charge in [-0.3, -0.25) is 5.10 Å². The molecule has 1 saturated heterocycles. The van der Waals surface area contributed by atoms with Gasteiger partial charge < -0.3 is 5.73 Å². The highest BCUT2D eigenvalue weighted by Crippen LogP contribution is 2.47. The molecule has 3 N–H and O–H groups in total. The lowest BCUT2D eigenvalue weighted by atomic mass is 9.90. The third-order valence-corrected chi connectivity index (χ3v) is 4.18. The van der Waals surface area contributed by atoms with Crippen molar-refractivity contribution in [2.75, 3.05) is 11.5 Å². The predicted molar refractivity (Wildman–Crippen MR) is 56.9 cm³/mol. The van der Waals surface area contributed by atoms with E-state index in [4.69, 9.17) is 5.73 Å². The molecule has 72 valence electrons. The number of thioether (sulfide) groups is 1. The molecule has 1 aliphatic rings. The van der Waals surface area contributed by atoms with Gasteiger partial charge in [0, 0.05) is 22.4 Å². The molecule has 1 aromatic heterocycles. The smallest absolute Gasteiger partial charge is 0.145 e. The van der Waals surface area contributed by atoms with Crippen molar-refractivity contribution in [2.24, 2.45) is 0 Å². The van der Waals surface area contributed by atoms with Gasteiger partial charge in [0.15, 0.2) is 0 Å². The van der Waals surface area contributed by atoms with E-state index in [1.165, 1.54) is 17.9 Å². The van der Waals surface area contributed by atoms with Crippen molar-refractivity contribution in [3.8, 4) is 0 Å². The van der Waals surface area contributed by atoms with E-state index in [1.807, 2.05) is 17.8 Å². The van der Waals surface area contributed by atoms with Crippen molar-refractivity contribution in [2.45, 2.75) is 30.9 Å². The van der Waals surface area contributed by atoms with Crippen LogP contribution in [0.2, 0.25) is 0 Å². The largest absolute Gasteiger partial charge is 0.382 e. The molecule has 1 aromatic rings. The zero-order valence-corrected chi connectivity index (χ0v) is 8.82. The van der Waals surface area contributed by atoms with E-state index in [0.717, 1.165) is 0 Å². The fourth-order valence-corrected chi connectivity index (χ4v) is 3.28. The maximum absolute atomic E-state index is 5.59. The highest BCUT2D eigenvalue weighted by atomic mass is 32.2. The van der Waals surface area contributed by atoms with E-state index in [0.29, 0.717) is 16.5 Å². The first-order valence-corrected chi connectivity index (χ1v) is 5.53. The highest BCUT2D eigenvalue weighted by molar-refractivity contribution is 8.00. The van der Waals surface area contributed by atoms with Crippen LogP contribution in [0.1, 0.15) is 31.9 Å². The summed E-state index contributed by atoms with van der Waals surface area (Å²) < 4.78 is 0.318. The van der Waals surface area contributed by atoms with Crippen LogP contribution in [0, 0.1) is 0 Å². The van der Waals surface area contributed by atoms with Gasteiger partial charge in [-0.1, -0.05) is 13.8 Å². The standard InChI is InChI=1S/C9H15N3S/c1-9(2)6(3-4-13-9)7-5-8(10)12-11-7/h5-6H,3-4H2,1-2H3,(H3,10,11,12). The summed E-state index contributed by atoms with van der Waals surface area (Å²) in [6.45, 7) is 4.57. The molecule has 4 heteroatoms. The Morgan fingerprint density at radius 1 is 1.69 bits per heavy atom. The van der Waals surface area contributed by atoms with Crippen molar-refractivity contribution < 1.29 is 0 Å². The minimum atomic E-state index is 0.318. The summed E-state index contributed by atoms with van der Waals surface area (Å²) >= 11 is 2.02. The van der Waals surface area contributed by atoms with Gasteiger partial charge in [-0.2, -0.15) is 16.9 Å². The number of nitrogens with two attached hydrogens (primary N) is 1. The second kappa shape index (κ2) is 2.94. The lowest BCUT2D eigenvalue weighted by Gasteiger charge is -2.24. The maximum Gasteiger partial charge on any atom is 0.145 e. The molecule has 0 amide bonds. The van der Waals surface area contributed by atoms with Crippen LogP contribution in [-0.4, -0.2) is 20.7 Å². The van der Waals surface area contributed by atoms with Crippen LogP contribution in [-0.2, 0) is 0 Å². The van der Waals surface area contributed by atoms with Gasteiger partial charge in [0.25, 0.3) is 0 Å². The number of H-pyrrole nitrogens is 1. The van der Waals surface area contributed by atoms with Gasteiger partial charge in [0.1, 0.15) is 5.82 Å². The Kier molecular flexibility index (Phi) is 2.02. The van der Waals surface area contributed by atoms with E-state index in [9.17, 15) is 0 Å². The molecule has 0 radical (unpaired) electrons. The zero-order valence-electron chi connectivity index (χ0n) is 8.00. The first kappa shape index (κ1) is 8.94. The summed E-state index contributed by atoms with van der Waals surface area (Å²) in [7, 11) is 0. The normalized spacial score (nSPS) is 26.5. The quantitative estimate of drug-likeness (QED) is 0.724. The number of nitrogens with zero attached hydrogens (tertiary/aromatic N) is 1. The van der Waals surface area contributed by atoms with Crippen molar-refractivity contribution in [1.82, 2.24) is 10.2 Å². The molecule has 3 nitrogen and oxygen atoms in total. The average molecular weight is 197 g/mol. The van der Waals surface area contributed by atoms with Gasteiger partial charge in [-0.15, -0.1) is 0 Å². The fourth-order valence-electron chi connectivity index (χ4n) is 1.95. The van der Waals surface area contributed by atoms with Crippen molar-refractivity contribution in [3.63, 3.8) is 0 Å². The Hall–Kier alpha value is -0.640. The molecule has 2 heterocycles. The number of aromatic amines is 1. The zero-order chi connectivity index (χ0) is 9.47. The molecule has 0 spiro atoms. The molecule has 0 aromatic carbocycles. The Morgan fingerprint density at radius 3 is 2.92 bits per heavy atom. The van der Waals surface area contributed by atoms with Crippen LogP contribution in [0.15, 0.2) is 6.07 Å². The molecular formula is C9H15N3S. The Bertz CT molecular complexity index is 306. The molecule has 1 atom stereocenters. The van der Waals surface area contributed by atoms with Crippen LogP contribution in [0.4, 0.5) is 5.82 Å². The molecule has 1 unspecified atom stereocenters. The van der Waals surface area contributed by atoms with E-state index in [-0.39, 0.29) is 0 Å². The minimum Gasteiger partial charge on any atom is -0.382 e. The first-order valence-electron chi connectivity index (χ1n) is 4.54. The van der Waals surface area contributed by atoms with Crippen molar-refractivity contribution >= 4 is 17.6 Å². The number of anilines is 1. The fraction of sp³-hybridized carbons (Fsp3) is 0.667. The molecule has 0 aliphatic carbocycles. The van der Waals surface area contributed by atoms with Gasteiger partial charge in [-0.25, -0.2) is 0 Å². The summed E-state index contributed by atoms with van der Waals surface area (Å²) in [6, 6.07) is 1.96. The average Bonchev–Trinajstić information content (AvgIpc) is 2.56. The van der Waals surface area contributed by atoms with Crippen LogP contribution in [0.3, 0.4) is 0 Å². The predicted octanol–water partition coefficient (Wildman–Crippen LogP) is 1.99. The van der Waals surface area contributed by atoms with Crippen molar-refractivity contribution in [1.29, 1.82) is 0 Å². The van der Waals surface area contributed by atoms with E-state index in [2.05, 4.69) is 24.0 Å². The van der Waals surface area contributed by atoms with E-state index in [1.54, 1.807) is 0 Å². The summed E-state index contributed by atoms with van der Waals surface area (Å²) in [5.74, 6) is 2.40. The van der Waals surface area contributed by atoms with Gasteiger partial charge in [0.05, 0.1) is 0 Å². The Balaban J connectivity index is 2.26. The molecule has 1 fully saturated rings. The summed E-state index contributed by atoms with van der Waals surface area (Å²) in [6.07, 6.45) is 1.22. The van der Waals surface area contributed by atoms with Crippen LogP contribution in [0.25, 0.3) is 0 Å². The number of hydrogen-bond acceptors (Lipinski definition) is 3. The van der Waals surface area contributed by atoms with Gasteiger partial charge >= 0.3 is 0 Å². The lowest BCUT2D eigenvalue weighted by molar-refractivity contribution is 0.547. The Labute approximate surface area is 82.5 Å². The van der Waals surface area contributed by atoms with E-state index < -0.39 is 0 Å². The van der Waals surface area contributed by atoms with Crippen LogP contribution >= 0.6 is 11.8 Å². The minimum absolute atomic E-state index is 0.318. The third kappa shape index (κ3) is 1.55. The van der Waals surface area contributed by atoms with Crippen molar-refractivity contribution in [3.05, 3.63) is 11.8 Å². The number of rotatable bonds is 1. The molecule has 1 aliphatic heterocycles. The number of hydrogen-bond donors (Lipinski definition) is 2. The second-order valence-corrected chi connectivity index (χ2v) is 5.79. The number of nitrogens with one attached hydrogen (secondary N) is 1. The van der Waals surface area contributed by atoms with Crippen LogP contribution in [0.5, 0.6) is 0 Å². The number of nitrogen functional groups attached to an aromatic ring is 1. The number of aromatic nitrogens is 2. The van der Waals surface area contributed by atoms with Gasteiger partial charge in [0.2, 0.25) is 0 Å². The second-order valence-electron chi connectivity index (χ2n) is 4.04. The molecule has 0 saturated carbocycles. The highest BCUT2D eigenvalue weighted by Gasteiger charge is 2.37. The first-order chi connectivity index (χ1) is 6.09. The molecule has 2 rings (SSSR count). The van der Waals surface area contributed by atoms with E-state index >= 15 is 0 Å². The van der Waals surface area contributed by atoms with Gasteiger partial charge in [-0.05, 0) is 12.2 Å². The monoisotopic (exact) mass is 197 g/mol. The summed E-state index contributed by atoms with van der Waals surface area (Å²) in [4.78, 5) is 0. The topological polar surface area (TPSA) is 54.7 Å². The molecular weight excluding hydrogens is 182 g/mol. The summed E-state index contributed by atoms with van der Waals surface area (Å²) in [5.41, 5.74) is 6.77. The molecule has 0 bridgehead atoms. The summed E-state index contributed by atoms with van der Waals surface area (Å²) in [5, 5.41) is 6.98. The lowest BCUT2D eigenvalue weighted by Crippen LogP contribution is -2.20. The molecule has 13 heavy (non-hydrogen) atoms. The van der Waals surface area contributed by atoms with Crippen LogP contribution < -0.4 is 5.73 Å². The Morgan fingerprint density at radius 2 is 2.46 bits per heavy atom. The SMILES string of the molecule is CC1(C)SCCC1c1cc(N)n[nH]1.